The molecule has 1 N–H and O–H groups in total. The molecule has 0 aromatic heterocycles. The molecule has 1 aromatic rings. The lowest BCUT2D eigenvalue weighted by molar-refractivity contribution is -0.119. The van der Waals surface area contributed by atoms with Crippen molar-refractivity contribution in [3.05, 3.63) is 35.9 Å². The largest absolute Gasteiger partial charge is 0.349 e. The van der Waals surface area contributed by atoms with E-state index in [4.69, 9.17) is 5.26 Å². The maximum Gasteiger partial charge on any atom is 0.230 e. The Hall–Kier alpha value is -1.47. The summed E-state index contributed by atoms with van der Waals surface area (Å²) in [4.78, 5) is 11.5. The fourth-order valence-corrected chi connectivity index (χ4v) is 1.76. The van der Waals surface area contributed by atoms with Crippen LogP contribution >= 0.6 is 11.8 Å². The molecule has 0 spiro atoms. The second-order valence-electron chi connectivity index (χ2n) is 3.35. The number of nitrogens with one attached hydrogen (secondary N) is 1. The van der Waals surface area contributed by atoms with Crippen molar-refractivity contribution >= 4 is 17.7 Å². The van der Waals surface area contributed by atoms with Gasteiger partial charge in [0.25, 0.3) is 0 Å². The SMILES string of the molecule is CC(NC(=O)CSCC#N)c1ccccc1. The summed E-state index contributed by atoms with van der Waals surface area (Å²) < 4.78 is 0. The fraction of sp³-hybridized carbons (Fsp3) is 0.333. The lowest BCUT2D eigenvalue weighted by atomic mass is 10.1. The van der Waals surface area contributed by atoms with Crippen LogP contribution in [0.5, 0.6) is 0 Å². The number of benzene rings is 1. The highest BCUT2D eigenvalue weighted by atomic mass is 32.2. The van der Waals surface area contributed by atoms with Gasteiger partial charge in [-0.15, -0.1) is 11.8 Å². The summed E-state index contributed by atoms with van der Waals surface area (Å²) >= 11 is 1.33. The van der Waals surface area contributed by atoms with Gasteiger partial charge in [-0.2, -0.15) is 5.26 Å². The van der Waals surface area contributed by atoms with Crippen molar-refractivity contribution in [3.63, 3.8) is 0 Å². The van der Waals surface area contributed by atoms with Crippen LogP contribution < -0.4 is 5.32 Å². The molecule has 0 heterocycles. The van der Waals surface area contributed by atoms with Gasteiger partial charge in [-0.05, 0) is 12.5 Å². The van der Waals surface area contributed by atoms with Crippen molar-refractivity contribution < 1.29 is 4.79 Å². The van der Waals surface area contributed by atoms with Crippen LogP contribution in [-0.2, 0) is 4.79 Å². The number of hydrogen-bond donors (Lipinski definition) is 1. The minimum Gasteiger partial charge on any atom is -0.349 e. The number of hydrogen-bond acceptors (Lipinski definition) is 3. The first kappa shape index (κ1) is 12.6. The Kier molecular flexibility index (Phi) is 5.44. The first-order valence-corrected chi connectivity index (χ1v) is 6.18. The summed E-state index contributed by atoms with van der Waals surface area (Å²) in [6.45, 7) is 1.95. The zero-order valence-electron chi connectivity index (χ0n) is 9.14. The molecule has 1 rings (SSSR count). The highest BCUT2D eigenvalue weighted by Gasteiger charge is 2.08. The van der Waals surface area contributed by atoms with Gasteiger partial charge in [-0.1, -0.05) is 30.3 Å². The van der Waals surface area contributed by atoms with E-state index in [2.05, 4.69) is 5.32 Å². The summed E-state index contributed by atoms with van der Waals surface area (Å²) in [6.07, 6.45) is 0. The third-order valence-electron chi connectivity index (χ3n) is 2.08. The van der Waals surface area contributed by atoms with E-state index in [1.165, 1.54) is 11.8 Å². The van der Waals surface area contributed by atoms with Crippen LogP contribution in [0, 0.1) is 11.3 Å². The third-order valence-corrected chi connectivity index (χ3v) is 2.88. The van der Waals surface area contributed by atoms with Gasteiger partial charge in [0, 0.05) is 0 Å². The Bertz CT molecular complexity index is 372. The topological polar surface area (TPSA) is 52.9 Å². The number of rotatable bonds is 5. The van der Waals surface area contributed by atoms with Crippen LogP contribution in [0.3, 0.4) is 0 Å². The fourth-order valence-electron chi connectivity index (χ4n) is 1.30. The number of amides is 1. The molecule has 0 radical (unpaired) electrons. The number of carbonyl (C=O) groups is 1. The van der Waals surface area contributed by atoms with E-state index in [1.54, 1.807) is 0 Å². The predicted octanol–water partition coefficient (Wildman–Crippen LogP) is 2.12. The van der Waals surface area contributed by atoms with E-state index in [1.807, 2.05) is 43.3 Å². The molecule has 4 heteroatoms. The van der Waals surface area contributed by atoms with E-state index in [9.17, 15) is 4.79 Å². The smallest absolute Gasteiger partial charge is 0.230 e. The third kappa shape index (κ3) is 4.37. The molecule has 0 aliphatic carbocycles. The highest BCUT2D eigenvalue weighted by molar-refractivity contribution is 8.00. The van der Waals surface area contributed by atoms with Gasteiger partial charge in [0.15, 0.2) is 0 Å². The Balaban J connectivity index is 2.37. The molecule has 0 saturated heterocycles. The summed E-state index contributed by atoms with van der Waals surface area (Å²) in [5.74, 6) is 0.661. The van der Waals surface area contributed by atoms with Crippen molar-refractivity contribution in [2.24, 2.45) is 0 Å². The average molecular weight is 234 g/mol. The predicted molar refractivity (Wildman–Crippen MR) is 65.9 cm³/mol. The quantitative estimate of drug-likeness (QED) is 0.794. The van der Waals surface area contributed by atoms with Crippen molar-refractivity contribution in [2.75, 3.05) is 11.5 Å². The number of nitrogens with zero attached hydrogens (tertiary/aromatic N) is 1. The number of thioether (sulfide) groups is 1. The van der Waals surface area contributed by atoms with Gasteiger partial charge in [0.1, 0.15) is 0 Å². The molecule has 1 aromatic carbocycles. The van der Waals surface area contributed by atoms with Gasteiger partial charge in [-0.3, -0.25) is 4.79 Å². The van der Waals surface area contributed by atoms with E-state index in [0.717, 1.165) is 5.56 Å². The van der Waals surface area contributed by atoms with E-state index >= 15 is 0 Å². The van der Waals surface area contributed by atoms with Gasteiger partial charge >= 0.3 is 0 Å². The molecule has 84 valence electrons. The Labute approximate surface area is 99.8 Å². The molecule has 16 heavy (non-hydrogen) atoms. The second kappa shape index (κ2) is 6.91. The van der Waals surface area contributed by atoms with E-state index in [-0.39, 0.29) is 11.9 Å². The average Bonchev–Trinajstić information content (AvgIpc) is 2.30. The van der Waals surface area contributed by atoms with Crippen LogP contribution in [0.15, 0.2) is 30.3 Å². The summed E-state index contributed by atoms with van der Waals surface area (Å²) in [7, 11) is 0. The summed E-state index contributed by atoms with van der Waals surface area (Å²) in [5, 5.41) is 11.2. The zero-order valence-corrected chi connectivity index (χ0v) is 9.96. The molecule has 1 amide bonds. The monoisotopic (exact) mass is 234 g/mol. The second-order valence-corrected chi connectivity index (χ2v) is 4.34. The first-order chi connectivity index (χ1) is 7.74. The van der Waals surface area contributed by atoms with Gasteiger partial charge in [0.05, 0.1) is 23.6 Å². The Morgan fingerprint density at radius 2 is 2.19 bits per heavy atom. The van der Waals surface area contributed by atoms with Crippen molar-refractivity contribution in [2.45, 2.75) is 13.0 Å². The summed E-state index contributed by atoms with van der Waals surface area (Å²) in [5.41, 5.74) is 1.08. The Morgan fingerprint density at radius 3 is 2.81 bits per heavy atom. The minimum atomic E-state index is -0.0309. The molecule has 0 bridgehead atoms. The maximum atomic E-state index is 11.5. The zero-order chi connectivity index (χ0) is 11.8. The van der Waals surface area contributed by atoms with Crippen molar-refractivity contribution in [1.82, 2.24) is 5.32 Å². The molecular weight excluding hydrogens is 220 g/mol. The van der Waals surface area contributed by atoms with Crippen LogP contribution in [0.25, 0.3) is 0 Å². The molecule has 0 saturated carbocycles. The number of nitriles is 1. The lowest BCUT2D eigenvalue weighted by Gasteiger charge is -2.13. The van der Waals surface area contributed by atoms with Crippen LogP contribution in [0.4, 0.5) is 0 Å². The van der Waals surface area contributed by atoms with Crippen molar-refractivity contribution in [1.29, 1.82) is 5.26 Å². The summed E-state index contributed by atoms with van der Waals surface area (Å²) in [6, 6.07) is 11.8. The maximum absolute atomic E-state index is 11.5. The highest BCUT2D eigenvalue weighted by Crippen LogP contribution is 2.11. The molecular formula is C12H14N2OS. The van der Waals surface area contributed by atoms with Gasteiger partial charge < -0.3 is 5.32 Å². The first-order valence-electron chi connectivity index (χ1n) is 5.03. The van der Waals surface area contributed by atoms with E-state index < -0.39 is 0 Å². The van der Waals surface area contributed by atoms with Crippen LogP contribution in [-0.4, -0.2) is 17.4 Å². The normalized spacial score (nSPS) is 11.5. The van der Waals surface area contributed by atoms with Gasteiger partial charge in [-0.25, -0.2) is 0 Å². The number of carbonyl (C=O) groups excluding carboxylic acids is 1. The molecule has 1 atom stereocenters. The molecule has 0 aliphatic heterocycles. The standard InChI is InChI=1S/C12H14N2OS/c1-10(11-5-3-2-4-6-11)14-12(15)9-16-8-7-13/h2-6,10H,8-9H2,1H3,(H,14,15). The van der Waals surface area contributed by atoms with Gasteiger partial charge in [0.2, 0.25) is 5.91 Å². The molecule has 0 fully saturated rings. The minimum absolute atomic E-state index is 0.0105. The van der Waals surface area contributed by atoms with Crippen LogP contribution in [0.1, 0.15) is 18.5 Å². The molecule has 3 nitrogen and oxygen atoms in total. The van der Waals surface area contributed by atoms with Crippen LogP contribution in [0.2, 0.25) is 0 Å². The molecule has 1 unspecified atom stereocenters. The van der Waals surface area contributed by atoms with E-state index in [0.29, 0.717) is 11.5 Å². The molecule has 0 aliphatic rings. The Morgan fingerprint density at radius 1 is 1.50 bits per heavy atom. The van der Waals surface area contributed by atoms with Crippen molar-refractivity contribution in [3.8, 4) is 6.07 Å². The lowest BCUT2D eigenvalue weighted by Crippen LogP contribution is -2.28.